The van der Waals surface area contributed by atoms with Gasteiger partial charge in [-0.1, -0.05) is 27.7 Å². The van der Waals surface area contributed by atoms with Gasteiger partial charge in [0.2, 0.25) is 0 Å². The molecular weight excluding hydrogens is 204 g/mol. The number of hydrogen-bond acceptors (Lipinski definition) is 3. The van der Waals surface area contributed by atoms with Crippen molar-refractivity contribution >= 4 is 11.8 Å². The average Bonchev–Trinajstić information content (AvgIpc) is 2.16. The lowest BCUT2D eigenvalue weighted by molar-refractivity contribution is -0.143. The van der Waals surface area contributed by atoms with Crippen LogP contribution in [0.5, 0.6) is 0 Å². The third-order valence-corrected chi connectivity index (χ3v) is 2.68. The van der Waals surface area contributed by atoms with Crippen molar-refractivity contribution in [3.05, 3.63) is 0 Å². The standard InChI is InChI=1S/C13H24O3/c1-6-16-11(14)8-7-9-13(4,5)12(15)10(2)3/h10H,6-9H2,1-5H3. The molecule has 0 aliphatic carbocycles. The molecule has 0 saturated carbocycles. The molecule has 0 N–H and O–H groups in total. The van der Waals surface area contributed by atoms with Crippen molar-refractivity contribution in [2.24, 2.45) is 11.3 Å². The summed E-state index contributed by atoms with van der Waals surface area (Å²) in [6, 6.07) is 0. The Balaban J connectivity index is 4.00. The van der Waals surface area contributed by atoms with Gasteiger partial charge in [0.05, 0.1) is 6.61 Å². The van der Waals surface area contributed by atoms with E-state index in [1.165, 1.54) is 0 Å². The summed E-state index contributed by atoms with van der Waals surface area (Å²) in [6.07, 6.45) is 1.86. The zero-order valence-corrected chi connectivity index (χ0v) is 11.1. The van der Waals surface area contributed by atoms with E-state index in [0.717, 1.165) is 6.42 Å². The molecular formula is C13H24O3. The first-order valence-electron chi connectivity index (χ1n) is 6.01. The predicted octanol–water partition coefficient (Wildman–Crippen LogP) is 2.97. The van der Waals surface area contributed by atoms with E-state index in [-0.39, 0.29) is 23.1 Å². The van der Waals surface area contributed by atoms with Crippen molar-refractivity contribution in [3.8, 4) is 0 Å². The molecule has 0 unspecified atom stereocenters. The topological polar surface area (TPSA) is 43.4 Å². The summed E-state index contributed by atoms with van der Waals surface area (Å²) >= 11 is 0. The van der Waals surface area contributed by atoms with Crippen LogP contribution in [0.15, 0.2) is 0 Å². The van der Waals surface area contributed by atoms with Gasteiger partial charge in [0.15, 0.2) is 0 Å². The van der Waals surface area contributed by atoms with Gasteiger partial charge in [0.1, 0.15) is 5.78 Å². The lowest BCUT2D eigenvalue weighted by Gasteiger charge is -2.24. The Bertz CT molecular complexity index is 242. The van der Waals surface area contributed by atoms with Gasteiger partial charge in [-0.2, -0.15) is 0 Å². The van der Waals surface area contributed by atoms with Crippen LogP contribution < -0.4 is 0 Å². The maximum Gasteiger partial charge on any atom is 0.305 e. The Morgan fingerprint density at radius 3 is 2.25 bits per heavy atom. The van der Waals surface area contributed by atoms with Crippen LogP contribution in [-0.2, 0) is 14.3 Å². The fraction of sp³-hybridized carbons (Fsp3) is 0.846. The van der Waals surface area contributed by atoms with Gasteiger partial charge in [0.25, 0.3) is 0 Å². The Morgan fingerprint density at radius 1 is 1.25 bits per heavy atom. The molecule has 0 heterocycles. The molecule has 0 rings (SSSR count). The molecule has 0 aliphatic heterocycles. The molecule has 0 amide bonds. The van der Waals surface area contributed by atoms with Crippen molar-refractivity contribution in [2.45, 2.75) is 53.9 Å². The van der Waals surface area contributed by atoms with Gasteiger partial charge in [-0.05, 0) is 19.8 Å². The van der Waals surface area contributed by atoms with Crippen LogP contribution in [-0.4, -0.2) is 18.4 Å². The van der Waals surface area contributed by atoms with E-state index >= 15 is 0 Å². The van der Waals surface area contributed by atoms with Crippen LogP contribution in [0.3, 0.4) is 0 Å². The molecule has 3 nitrogen and oxygen atoms in total. The van der Waals surface area contributed by atoms with E-state index in [0.29, 0.717) is 19.4 Å². The van der Waals surface area contributed by atoms with E-state index in [2.05, 4.69) is 0 Å². The first-order valence-corrected chi connectivity index (χ1v) is 6.01. The monoisotopic (exact) mass is 228 g/mol. The number of rotatable bonds is 7. The largest absolute Gasteiger partial charge is 0.466 e. The van der Waals surface area contributed by atoms with E-state index in [4.69, 9.17) is 4.74 Å². The summed E-state index contributed by atoms with van der Waals surface area (Å²) in [5, 5.41) is 0. The fourth-order valence-corrected chi connectivity index (χ4v) is 1.81. The molecule has 0 aromatic rings. The summed E-state index contributed by atoms with van der Waals surface area (Å²) in [6.45, 7) is 9.93. The normalized spacial score (nSPS) is 11.6. The Morgan fingerprint density at radius 2 is 1.81 bits per heavy atom. The zero-order valence-electron chi connectivity index (χ0n) is 11.1. The number of esters is 1. The Labute approximate surface area is 98.6 Å². The number of Topliss-reactive ketones (excluding diaryl/α,β-unsaturated/α-hetero) is 1. The summed E-state index contributed by atoms with van der Waals surface area (Å²) in [5.41, 5.74) is -0.333. The molecule has 0 aromatic heterocycles. The molecule has 0 atom stereocenters. The highest BCUT2D eigenvalue weighted by Crippen LogP contribution is 2.27. The first kappa shape index (κ1) is 15.1. The van der Waals surface area contributed by atoms with Crippen LogP contribution in [0.4, 0.5) is 0 Å². The lowest BCUT2D eigenvalue weighted by Crippen LogP contribution is -2.28. The van der Waals surface area contributed by atoms with Gasteiger partial charge in [0, 0.05) is 17.8 Å². The number of hydrogen-bond donors (Lipinski definition) is 0. The Kier molecular flexibility index (Phi) is 6.31. The molecule has 0 aliphatic rings. The predicted molar refractivity (Wildman–Crippen MR) is 64.1 cm³/mol. The van der Waals surface area contributed by atoms with Crippen LogP contribution in [0.1, 0.15) is 53.9 Å². The zero-order chi connectivity index (χ0) is 12.8. The Hall–Kier alpha value is -0.860. The molecule has 16 heavy (non-hydrogen) atoms. The van der Waals surface area contributed by atoms with Gasteiger partial charge in [-0.25, -0.2) is 0 Å². The first-order chi connectivity index (χ1) is 7.31. The number of carbonyl (C=O) groups is 2. The average molecular weight is 228 g/mol. The summed E-state index contributed by atoms with van der Waals surface area (Å²) in [7, 11) is 0. The second-order valence-corrected chi connectivity index (χ2v) is 5.06. The molecule has 94 valence electrons. The lowest BCUT2D eigenvalue weighted by atomic mass is 9.78. The smallest absolute Gasteiger partial charge is 0.305 e. The van der Waals surface area contributed by atoms with Gasteiger partial charge in [-0.3, -0.25) is 9.59 Å². The number of carbonyl (C=O) groups excluding carboxylic acids is 2. The second-order valence-electron chi connectivity index (χ2n) is 5.06. The molecule has 0 saturated heterocycles. The minimum absolute atomic E-state index is 0.0533. The molecule has 0 aromatic carbocycles. The summed E-state index contributed by atoms with van der Waals surface area (Å²) in [4.78, 5) is 23.0. The highest BCUT2D eigenvalue weighted by molar-refractivity contribution is 5.85. The highest BCUT2D eigenvalue weighted by Gasteiger charge is 2.28. The van der Waals surface area contributed by atoms with E-state index < -0.39 is 0 Å². The third-order valence-electron chi connectivity index (χ3n) is 2.68. The quantitative estimate of drug-likeness (QED) is 0.629. The van der Waals surface area contributed by atoms with E-state index in [1.807, 2.05) is 27.7 Å². The summed E-state index contributed by atoms with van der Waals surface area (Å²) < 4.78 is 4.84. The maximum absolute atomic E-state index is 11.8. The molecule has 3 heteroatoms. The van der Waals surface area contributed by atoms with Crippen LogP contribution >= 0.6 is 0 Å². The van der Waals surface area contributed by atoms with E-state index in [9.17, 15) is 9.59 Å². The van der Waals surface area contributed by atoms with Gasteiger partial charge < -0.3 is 4.74 Å². The van der Waals surface area contributed by atoms with Crippen molar-refractivity contribution in [2.75, 3.05) is 6.61 Å². The van der Waals surface area contributed by atoms with Crippen LogP contribution in [0, 0.1) is 11.3 Å². The fourth-order valence-electron chi connectivity index (χ4n) is 1.81. The third kappa shape index (κ3) is 5.29. The maximum atomic E-state index is 11.8. The number of ether oxygens (including phenoxy) is 1. The highest BCUT2D eigenvalue weighted by atomic mass is 16.5. The van der Waals surface area contributed by atoms with Gasteiger partial charge >= 0.3 is 5.97 Å². The van der Waals surface area contributed by atoms with Crippen LogP contribution in [0.25, 0.3) is 0 Å². The minimum atomic E-state index is -0.333. The van der Waals surface area contributed by atoms with Crippen molar-refractivity contribution < 1.29 is 14.3 Å². The van der Waals surface area contributed by atoms with Crippen molar-refractivity contribution in [1.82, 2.24) is 0 Å². The second kappa shape index (κ2) is 6.66. The minimum Gasteiger partial charge on any atom is -0.466 e. The van der Waals surface area contributed by atoms with E-state index in [1.54, 1.807) is 6.92 Å². The molecule has 0 spiro atoms. The summed E-state index contributed by atoms with van der Waals surface area (Å²) in [5.74, 6) is 0.143. The molecule has 0 radical (unpaired) electrons. The van der Waals surface area contributed by atoms with Gasteiger partial charge in [-0.15, -0.1) is 0 Å². The molecule has 0 bridgehead atoms. The van der Waals surface area contributed by atoms with Crippen molar-refractivity contribution in [3.63, 3.8) is 0 Å². The van der Waals surface area contributed by atoms with Crippen molar-refractivity contribution in [1.29, 1.82) is 0 Å². The molecule has 0 fully saturated rings. The van der Waals surface area contributed by atoms with Crippen LogP contribution in [0.2, 0.25) is 0 Å². The SMILES string of the molecule is CCOC(=O)CCCC(C)(C)C(=O)C(C)C. The number of ketones is 1.